The fourth-order valence-corrected chi connectivity index (χ4v) is 5.36. The zero-order chi connectivity index (χ0) is 20.5. The highest BCUT2D eigenvalue weighted by atomic mass is 35.5. The summed E-state index contributed by atoms with van der Waals surface area (Å²) >= 11 is 14.4. The van der Waals surface area contributed by atoms with E-state index in [0.29, 0.717) is 10.0 Å². The lowest BCUT2D eigenvalue weighted by atomic mass is 9.86. The lowest BCUT2D eigenvalue weighted by Gasteiger charge is -2.19. The fraction of sp³-hybridized carbons (Fsp3) is 0.160. The van der Waals surface area contributed by atoms with Gasteiger partial charge in [-0.05, 0) is 70.3 Å². The van der Waals surface area contributed by atoms with Crippen LogP contribution in [-0.4, -0.2) is 0 Å². The van der Waals surface area contributed by atoms with Gasteiger partial charge < -0.3 is 0 Å². The molecule has 1 aromatic heterocycles. The summed E-state index contributed by atoms with van der Waals surface area (Å²) in [4.78, 5) is 13.4. The molecule has 0 aliphatic carbocycles. The van der Waals surface area contributed by atoms with Crippen LogP contribution in [0.3, 0.4) is 0 Å². The summed E-state index contributed by atoms with van der Waals surface area (Å²) < 4.78 is 1.99. The SMILES string of the molecule is CC(C)(C)c1ccc2sc3cc4cc5c(Cl)ccc(Cl)c5cc4cc3c(=O)c2c1. The van der Waals surface area contributed by atoms with E-state index in [1.165, 1.54) is 5.56 Å². The van der Waals surface area contributed by atoms with Crippen LogP contribution >= 0.6 is 34.5 Å². The van der Waals surface area contributed by atoms with Gasteiger partial charge in [-0.1, -0.05) is 50.0 Å². The minimum atomic E-state index is -0.00142. The first-order valence-corrected chi connectivity index (χ1v) is 11.0. The van der Waals surface area contributed by atoms with Gasteiger partial charge in [0.25, 0.3) is 0 Å². The molecule has 0 atom stereocenters. The van der Waals surface area contributed by atoms with Crippen molar-refractivity contribution in [3.05, 3.63) is 80.4 Å². The Hall–Kier alpha value is -2.13. The smallest absolute Gasteiger partial charge is 0.195 e. The minimum absolute atomic E-state index is 0.00142. The van der Waals surface area contributed by atoms with Gasteiger partial charge in [0.05, 0.1) is 0 Å². The normalized spacial score (nSPS) is 12.4. The molecule has 4 heteroatoms. The third-order valence-electron chi connectivity index (χ3n) is 5.52. The average Bonchev–Trinajstić information content (AvgIpc) is 2.68. The minimum Gasteiger partial charge on any atom is -0.289 e. The molecule has 0 aliphatic heterocycles. The lowest BCUT2D eigenvalue weighted by Crippen LogP contribution is -2.12. The Balaban J connectivity index is 1.89. The fourth-order valence-electron chi connectivity index (χ4n) is 3.84. The summed E-state index contributed by atoms with van der Waals surface area (Å²) in [6, 6.07) is 18.0. The summed E-state index contributed by atoms with van der Waals surface area (Å²) in [6.07, 6.45) is 0. The Morgan fingerprint density at radius 2 is 1.24 bits per heavy atom. The maximum atomic E-state index is 13.4. The zero-order valence-corrected chi connectivity index (χ0v) is 18.6. The van der Waals surface area contributed by atoms with Gasteiger partial charge in [0.1, 0.15) is 0 Å². The van der Waals surface area contributed by atoms with Crippen molar-refractivity contribution < 1.29 is 0 Å². The van der Waals surface area contributed by atoms with Crippen LogP contribution in [0.5, 0.6) is 0 Å². The third-order valence-corrected chi connectivity index (χ3v) is 7.31. The van der Waals surface area contributed by atoms with Crippen molar-refractivity contribution in [1.82, 2.24) is 0 Å². The van der Waals surface area contributed by atoms with Gasteiger partial charge in [0.15, 0.2) is 5.43 Å². The van der Waals surface area contributed by atoms with Gasteiger partial charge >= 0.3 is 0 Å². The molecule has 0 aliphatic rings. The molecule has 29 heavy (non-hydrogen) atoms. The van der Waals surface area contributed by atoms with Gasteiger partial charge in [-0.2, -0.15) is 0 Å². The van der Waals surface area contributed by atoms with Crippen LogP contribution in [0, 0.1) is 0 Å². The molecule has 0 radical (unpaired) electrons. The van der Waals surface area contributed by atoms with Crippen molar-refractivity contribution in [2.24, 2.45) is 0 Å². The largest absolute Gasteiger partial charge is 0.289 e. The molecule has 5 aromatic rings. The van der Waals surface area contributed by atoms with Crippen LogP contribution in [0.2, 0.25) is 10.0 Å². The van der Waals surface area contributed by atoms with E-state index in [-0.39, 0.29) is 10.8 Å². The molecule has 1 heterocycles. The molecule has 0 spiro atoms. The second-order valence-electron chi connectivity index (χ2n) is 8.51. The maximum Gasteiger partial charge on any atom is 0.195 e. The molecule has 0 unspecified atom stereocenters. The van der Waals surface area contributed by atoms with Gasteiger partial charge in [-0.25, -0.2) is 0 Å². The lowest BCUT2D eigenvalue weighted by molar-refractivity contribution is 0.591. The predicted octanol–water partition coefficient (Wildman–Crippen LogP) is 8.33. The Bertz CT molecular complexity index is 1520. The van der Waals surface area contributed by atoms with Crippen LogP contribution in [-0.2, 0) is 5.41 Å². The van der Waals surface area contributed by atoms with E-state index in [0.717, 1.165) is 41.7 Å². The average molecular weight is 437 g/mol. The van der Waals surface area contributed by atoms with Gasteiger partial charge in [-0.15, -0.1) is 11.3 Å². The monoisotopic (exact) mass is 436 g/mol. The number of halogens is 2. The standard InChI is InChI=1S/C25H18Cl2OS/c1-25(2,3)15-4-7-22-19(12-15)24(28)18-10-13-8-16-17(21(27)6-5-20(16)26)9-14(13)11-23(18)29-22/h4-12H,1-3H3. The highest BCUT2D eigenvalue weighted by Gasteiger charge is 2.16. The molecular weight excluding hydrogens is 419 g/mol. The van der Waals surface area contributed by atoms with Crippen molar-refractivity contribution >= 4 is 76.3 Å². The highest BCUT2D eigenvalue weighted by Crippen LogP contribution is 2.36. The summed E-state index contributed by atoms with van der Waals surface area (Å²) in [5, 5.41) is 6.74. The molecular formula is C25H18Cl2OS. The Morgan fingerprint density at radius 1 is 0.690 bits per heavy atom. The zero-order valence-electron chi connectivity index (χ0n) is 16.3. The summed E-state index contributed by atoms with van der Waals surface area (Å²) in [5.74, 6) is 0. The first kappa shape index (κ1) is 18.9. The van der Waals surface area contributed by atoms with E-state index < -0.39 is 0 Å². The Kier molecular flexibility index (Phi) is 4.19. The Labute approximate surface area is 182 Å². The van der Waals surface area contributed by atoms with E-state index in [4.69, 9.17) is 23.2 Å². The summed E-state index contributed by atoms with van der Waals surface area (Å²) in [5.41, 5.74) is 1.25. The van der Waals surface area contributed by atoms with Crippen LogP contribution in [0.4, 0.5) is 0 Å². The molecule has 5 rings (SSSR count). The van der Waals surface area contributed by atoms with E-state index in [1.54, 1.807) is 11.3 Å². The van der Waals surface area contributed by atoms with Gasteiger partial charge in [-0.3, -0.25) is 4.79 Å². The van der Waals surface area contributed by atoms with E-state index in [1.807, 2.05) is 24.3 Å². The van der Waals surface area contributed by atoms with Gasteiger partial charge in [0.2, 0.25) is 0 Å². The number of rotatable bonds is 0. The molecule has 1 nitrogen and oxygen atoms in total. The molecule has 0 saturated carbocycles. The van der Waals surface area contributed by atoms with Crippen molar-refractivity contribution in [3.63, 3.8) is 0 Å². The van der Waals surface area contributed by atoms with Crippen molar-refractivity contribution in [2.75, 3.05) is 0 Å². The van der Waals surface area contributed by atoms with Crippen molar-refractivity contribution in [3.8, 4) is 0 Å². The third kappa shape index (κ3) is 3.02. The summed E-state index contributed by atoms with van der Waals surface area (Å²) in [7, 11) is 0. The second kappa shape index (κ2) is 6.43. The topological polar surface area (TPSA) is 17.1 Å². The quantitative estimate of drug-likeness (QED) is 0.223. The molecule has 0 fully saturated rings. The van der Waals surface area contributed by atoms with Crippen LogP contribution in [0.1, 0.15) is 26.3 Å². The van der Waals surface area contributed by atoms with Crippen molar-refractivity contribution in [1.29, 1.82) is 0 Å². The number of benzene rings is 4. The predicted molar refractivity (Wildman–Crippen MR) is 129 cm³/mol. The molecule has 0 bridgehead atoms. The molecule has 144 valence electrons. The van der Waals surface area contributed by atoms with Crippen LogP contribution in [0.15, 0.2) is 59.4 Å². The van der Waals surface area contributed by atoms with E-state index in [9.17, 15) is 4.79 Å². The molecule has 0 amide bonds. The molecule has 4 aromatic carbocycles. The van der Waals surface area contributed by atoms with E-state index >= 15 is 0 Å². The van der Waals surface area contributed by atoms with Crippen LogP contribution in [0.25, 0.3) is 41.7 Å². The Morgan fingerprint density at radius 3 is 1.86 bits per heavy atom. The first-order valence-electron chi connectivity index (χ1n) is 9.45. The summed E-state index contributed by atoms with van der Waals surface area (Å²) in [6.45, 7) is 6.49. The maximum absolute atomic E-state index is 13.4. The molecule has 0 saturated heterocycles. The van der Waals surface area contributed by atoms with Gasteiger partial charge in [0, 0.05) is 41.0 Å². The second-order valence-corrected chi connectivity index (χ2v) is 10.4. The number of hydrogen-bond acceptors (Lipinski definition) is 2. The van der Waals surface area contributed by atoms with Crippen LogP contribution < -0.4 is 5.43 Å². The van der Waals surface area contributed by atoms with Crippen molar-refractivity contribution in [2.45, 2.75) is 26.2 Å². The van der Waals surface area contributed by atoms with E-state index in [2.05, 4.69) is 51.1 Å². The number of fused-ring (bicyclic) bond motifs is 4. The number of hydrogen-bond donors (Lipinski definition) is 0. The first-order chi connectivity index (χ1) is 13.7. The molecule has 0 N–H and O–H groups in total. The highest BCUT2D eigenvalue weighted by molar-refractivity contribution is 7.24.